The molecule has 5 N–H and O–H groups in total. The molecule has 4 heterocycles. The van der Waals surface area contributed by atoms with Crippen LogP contribution in [-0.2, 0) is 49.8 Å². The van der Waals surface area contributed by atoms with Crippen LogP contribution in [0.4, 0.5) is 23.1 Å². The Balaban J connectivity index is 0.777. The first kappa shape index (κ1) is 64.3. The van der Waals surface area contributed by atoms with Gasteiger partial charge in [0.05, 0.1) is 102 Å². The number of nitrogens with zero attached hydrogens (tertiary/aromatic N) is 5. The number of anilines is 4. The third-order valence-corrected chi connectivity index (χ3v) is 17.9. The predicted molar refractivity (Wildman–Crippen MR) is 321 cm³/mol. The molecule has 2 fully saturated rings. The number of aliphatic hydroxyl groups is 1. The molecule has 2 aliphatic rings. The highest BCUT2D eigenvalue weighted by atomic mass is 35.5. The van der Waals surface area contributed by atoms with Crippen LogP contribution in [-0.4, -0.2) is 151 Å². The maximum absolute atomic E-state index is 14.0. The molecule has 2 aromatic heterocycles. The average Bonchev–Trinajstić information content (AvgIpc) is 4.16. The van der Waals surface area contributed by atoms with Gasteiger partial charge >= 0.3 is 0 Å². The largest absolute Gasteiger partial charge is 0.489 e. The molecule has 2 saturated heterocycles. The van der Waals surface area contributed by atoms with Gasteiger partial charge in [-0.3, -0.25) is 19.2 Å². The number of ether oxygens (including phenoxy) is 4. The Kier molecular flexibility index (Phi) is 22.9. The van der Waals surface area contributed by atoms with Gasteiger partial charge in [0.2, 0.25) is 29.6 Å². The summed E-state index contributed by atoms with van der Waals surface area (Å²) in [6.07, 6.45) is 2.33. The number of aliphatic hydroxyl groups excluding tert-OH is 1. The lowest BCUT2D eigenvalue weighted by atomic mass is 9.85. The Labute approximate surface area is 496 Å². The molecule has 0 aliphatic carbocycles. The van der Waals surface area contributed by atoms with Crippen LogP contribution >= 0.6 is 22.9 Å². The van der Waals surface area contributed by atoms with Gasteiger partial charge in [-0.15, -0.1) is 11.3 Å². The van der Waals surface area contributed by atoms with Gasteiger partial charge in [0.15, 0.2) is 15.7 Å². The fourth-order valence-electron chi connectivity index (χ4n) is 9.91. The minimum atomic E-state index is -3.60. The van der Waals surface area contributed by atoms with Gasteiger partial charge in [-0.05, 0) is 112 Å². The van der Waals surface area contributed by atoms with E-state index in [0.29, 0.717) is 43.4 Å². The van der Waals surface area contributed by atoms with E-state index in [4.69, 9.17) is 30.5 Å². The van der Waals surface area contributed by atoms with E-state index in [1.807, 2.05) is 89.2 Å². The molecule has 450 valence electrons. The topological polar surface area (TPSA) is 253 Å². The standard InChI is InChI=1S/C60H80ClN9O11S2/c1-37(2)81-50-32-45(39(5)30-48(50)66-59-63-34-46(61)56(68-59)65-47-12-10-11-13-51(47)83(76,77)38(3)4)42-18-22-69(23-19-42)53(73)21-25-79-27-29-80-28-26-78-24-20-52(72)67-55(60(7,8)9)58(75)70-35-44(71)31-49(70)57(74)62-33-41-14-16-43(17-15-41)54-40(6)64-36-82-54/h10-17,30,32,34,36-38,42,44,49,55,71H,18-29,31,33,35H2,1-9H3,(H,62,74)(H,67,72)(H2,63,65,66,68)/t44-,49+,55?/m1/s1. The molecule has 83 heavy (non-hydrogen) atoms. The summed E-state index contributed by atoms with van der Waals surface area (Å²) in [6, 6.07) is 16.7. The highest BCUT2D eigenvalue weighted by Crippen LogP contribution is 2.39. The SMILES string of the molecule is Cc1cc(Nc2ncc(Cl)c(Nc3ccccc3S(=O)(=O)C(C)C)n2)c(OC(C)C)cc1C1CCN(C(=O)CCOCCOCCOCCC(=O)NC(C(=O)N2C[C@H](O)C[C@H]2C(=O)NCc2ccc(-c3scnc3C)cc2)C(C)(C)C)CC1. The number of aryl methyl sites for hydroxylation is 2. The number of para-hydroxylation sites is 1. The molecule has 3 atom stereocenters. The zero-order valence-electron chi connectivity index (χ0n) is 49.0. The first-order chi connectivity index (χ1) is 39.5. The van der Waals surface area contributed by atoms with E-state index in [2.05, 4.69) is 42.3 Å². The van der Waals surface area contributed by atoms with Crippen molar-refractivity contribution >= 4 is 79.5 Å². The van der Waals surface area contributed by atoms with Crippen LogP contribution in [0.1, 0.15) is 109 Å². The molecule has 7 rings (SSSR count). The maximum atomic E-state index is 14.0. The lowest BCUT2D eigenvalue weighted by molar-refractivity contribution is -0.144. The third kappa shape index (κ3) is 17.6. The number of β-amino-alcohol motifs (C(OH)–C–C–N with tert-alkyl or cyclic N) is 1. The highest BCUT2D eigenvalue weighted by Gasteiger charge is 2.44. The van der Waals surface area contributed by atoms with Gasteiger partial charge in [-0.2, -0.15) is 4.98 Å². The van der Waals surface area contributed by atoms with E-state index in [1.54, 1.807) is 49.4 Å². The summed E-state index contributed by atoms with van der Waals surface area (Å²) in [6.45, 7) is 19.6. The monoisotopic (exact) mass is 1200 g/mol. The summed E-state index contributed by atoms with van der Waals surface area (Å²) in [5.74, 6) is 0.114. The van der Waals surface area contributed by atoms with Crippen molar-refractivity contribution in [1.82, 2.24) is 35.4 Å². The van der Waals surface area contributed by atoms with E-state index >= 15 is 0 Å². The van der Waals surface area contributed by atoms with Gasteiger partial charge in [-0.1, -0.05) is 68.8 Å². The van der Waals surface area contributed by atoms with Crippen molar-refractivity contribution < 1.29 is 51.6 Å². The molecule has 1 unspecified atom stereocenters. The Morgan fingerprint density at radius 1 is 0.855 bits per heavy atom. The van der Waals surface area contributed by atoms with Gasteiger partial charge in [0.25, 0.3) is 0 Å². The number of benzene rings is 3. The number of hydrogen-bond donors (Lipinski definition) is 5. The average molecular weight is 1200 g/mol. The highest BCUT2D eigenvalue weighted by molar-refractivity contribution is 7.92. The zero-order valence-corrected chi connectivity index (χ0v) is 51.3. The van der Waals surface area contributed by atoms with Crippen LogP contribution < -0.4 is 26.0 Å². The normalized spacial score (nSPS) is 16.3. The molecule has 3 aromatic carbocycles. The first-order valence-electron chi connectivity index (χ1n) is 28.3. The number of aromatic nitrogens is 3. The second-order valence-corrected chi connectivity index (χ2v) is 26.3. The summed E-state index contributed by atoms with van der Waals surface area (Å²) < 4.78 is 49.6. The van der Waals surface area contributed by atoms with Gasteiger partial charge in [0, 0.05) is 39.0 Å². The number of amides is 4. The number of sulfone groups is 1. The third-order valence-electron chi connectivity index (χ3n) is 14.5. The van der Waals surface area contributed by atoms with E-state index in [-0.39, 0.29) is 110 Å². The van der Waals surface area contributed by atoms with E-state index < -0.39 is 44.6 Å². The smallest absolute Gasteiger partial charge is 0.246 e. The molecule has 0 saturated carbocycles. The fourth-order valence-corrected chi connectivity index (χ4v) is 12.1. The maximum Gasteiger partial charge on any atom is 0.246 e. The number of carbonyl (C=O) groups is 4. The number of thiazole rings is 1. The quantitative estimate of drug-likeness (QED) is 0.0308. The Hall–Kier alpha value is -6.27. The molecule has 0 spiro atoms. The van der Waals surface area contributed by atoms with Crippen molar-refractivity contribution in [3.8, 4) is 16.2 Å². The minimum absolute atomic E-state index is 0.000206. The van der Waals surface area contributed by atoms with E-state index in [9.17, 15) is 32.7 Å². The first-order valence-corrected chi connectivity index (χ1v) is 31.1. The van der Waals surface area contributed by atoms with E-state index in [1.165, 1.54) is 11.1 Å². The van der Waals surface area contributed by atoms with Gasteiger partial charge in [0.1, 0.15) is 22.9 Å². The molecule has 0 bridgehead atoms. The van der Waals surface area contributed by atoms with Crippen LogP contribution in [0.25, 0.3) is 10.4 Å². The van der Waals surface area contributed by atoms with Crippen LogP contribution in [0.15, 0.2) is 77.3 Å². The lowest BCUT2D eigenvalue weighted by Crippen LogP contribution is -2.57. The number of carbonyl (C=O) groups excluding carboxylic acids is 4. The van der Waals surface area contributed by atoms with Crippen molar-refractivity contribution in [3.63, 3.8) is 0 Å². The molecular weight excluding hydrogens is 1120 g/mol. The van der Waals surface area contributed by atoms with Crippen molar-refractivity contribution in [2.75, 3.05) is 69.9 Å². The molecule has 0 radical (unpaired) electrons. The van der Waals surface area contributed by atoms with Crippen LogP contribution in [0, 0.1) is 19.3 Å². The molecule has 20 nitrogen and oxygen atoms in total. The van der Waals surface area contributed by atoms with Crippen LogP contribution in [0.3, 0.4) is 0 Å². The summed E-state index contributed by atoms with van der Waals surface area (Å²) in [5.41, 5.74) is 7.17. The molecule has 23 heteroatoms. The van der Waals surface area contributed by atoms with Gasteiger partial charge in [-0.25, -0.2) is 18.4 Å². The summed E-state index contributed by atoms with van der Waals surface area (Å²) in [4.78, 5) is 71.7. The van der Waals surface area contributed by atoms with Crippen LogP contribution in [0.5, 0.6) is 5.75 Å². The summed E-state index contributed by atoms with van der Waals surface area (Å²) in [7, 11) is -3.60. The Morgan fingerprint density at radius 3 is 2.16 bits per heavy atom. The summed E-state index contributed by atoms with van der Waals surface area (Å²) in [5, 5.41) is 22.4. The number of rotatable bonds is 27. The number of nitrogens with one attached hydrogen (secondary N) is 4. The van der Waals surface area contributed by atoms with Crippen molar-refractivity contribution in [2.24, 2.45) is 5.41 Å². The molecule has 4 amide bonds. The number of hydrogen-bond acceptors (Lipinski definition) is 17. The lowest BCUT2D eigenvalue weighted by Gasteiger charge is -2.35. The predicted octanol–water partition coefficient (Wildman–Crippen LogP) is 8.67. The zero-order chi connectivity index (χ0) is 60.0. The Bertz CT molecular complexity index is 3130. The van der Waals surface area contributed by atoms with Crippen molar-refractivity contribution in [2.45, 2.75) is 141 Å². The van der Waals surface area contributed by atoms with Crippen molar-refractivity contribution in [3.05, 3.63) is 99.8 Å². The summed E-state index contributed by atoms with van der Waals surface area (Å²) >= 11 is 8.09. The molecular formula is C60H80ClN9O11S2. The van der Waals surface area contributed by atoms with Gasteiger partial charge < -0.3 is 55.1 Å². The minimum Gasteiger partial charge on any atom is -0.489 e. The number of piperidine rings is 1. The Morgan fingerprint density at radius 2 is 1.52 bits per heavy atom. The van der Waals surface area contributed by atoms with E-state index in [0.717, 1.165) is 45.7 Å². The second kappa shape index (κ2) is 29.5. The molecule has 5 aromatic rings. The molecule has 2 aliphatic heterocycles. The van der Waals surface area contributed by atoms with Crippen LogP contribution in [0.2, 0.25) is 5.02 Å². The number of likely N-dealkylation sites (tertiary alicyclic amines) is 2. The second-order valence-electron chi connectivity index (χ2n) is 22.5. The number of halogens is 1. The fraction of sp³-hybridized carbons (Fsp3) is 0.517. The van der Waals surface area contributed by atoms with Crippen molar-refractivity contribution in [1.29, 1.82) is 0 Å².